The minimum Gasteiger partial charge on any atom is -0.464 e. The molecule has 11 nitrogen and oxygen atoms in total. The Bertz CT molecular complexity index is 1110. The molecule has 0 aliphatic heterocycles. The van der Waals surface area contributed by atoms with Crippen molar-refractivity contribution in [2.45, 2.75) is 89.9 Å². The summed E-state index contributed by atoms with van der Waals surface area (Å²) in [6.07, 6.45) is -18.1. The summed E-state index contributed by atoms with van der Waals surface area (Å²) in [5.41, 5.74) is -14.7. The second kappa shape index (κ2) is 15.5. The fourth-order valence-electron chi connectivity index (χ4n) is 4.23. The number of halogens is 9. The fraction of sp³-hybridized carbons (Fsp3) is 0.875. The topological polar surface area (TPSA) is 166 Å². The van der Waals surface area contributed by atoms with E-state index < -0.39 is 120 Å². The highest BCUT2D eigenvalue weighted by atomic mass is 32.2. The van der Waals surface area contributed by atoms with Crippen LogP contribution in [-0.2, 0) is 38.6 Å². The van der Waals surface area contributed by atoms with Crippen LogP contribution in [0.1, 0.15) is 60.3 Å². The van der Waals surface area contributed by atoms with Gasteiger partial charge in [-0.05, 0) is 40.0 Å². The molecule has 0 spiro atoms. The first-order valence-corrected chi connectivity index (χ1v) is 14.6. The molecule has 0 saturated carbocycles. The Labute approximate surface area is 252 Å². The van der Waals surface area contributed by atoms with Crippen molar-refractivity contribution in [2.75, 3.05) is 26.4 Å². The van der Waals surface area contributed by atoms with E-state index in [-0.39, 0.29) is 6.42 Å². The molecular formula is C24H36F9NO10S. The van der Waals surface area contributed by atoms with Gasteiger partial charge in [-0.15, -0.1) is 0 Å². The molecule has 45 heavy (non-hydrogen) atoms. The summed E-state index contributed by atoms with van der Waals surface area (Å²) >= 11 is 0. The van der Waals surface area contributed by atoms with Gasteiger partial charge in [0.1, 0.15) is 19.3 Å². The number of alkyl halides is 9. The molecule has 0 aliphatic carbocycles. The van der Waals surface area contributed by atoms with Gasteiger partial charge < -0.3 is 24.4 Å². The Morgan fingerprint density at radius 3 is 1.76 bits per heavy atom. The second-order valence-corrected chi connectivity index (χ2v) is 12.7. The first-order chi connectivity index (χ1) is 20.0. The van der Waals surface area contributed by atoms with Gasteiger partial charge in [0.25, 0.3) is 5.60 Å². The molecule has 0 aromatic carbocycles. The number of hydrogen-bond acceptors (Lipinski definition) is 10. The average Bonchev–Trinajstić information content (AvgIpc) is 2.87. The van der Waals surface area contributed by atoms with Crippen molar-refractivity contribution in [3.63, 3.8) is 0 Å². The van der Waals surface area contributed by atoms with E-state index in [4.69, 9.17) is 19.3 Å². The van der Waals surface area contributed by atoms with Gasteiger partial charge in [0.05, 0.1) is 23.4 Å². The summed E-state index contributed by atoms with van der Waals surface area (Å²) < 4.78 is 154. The highest BCUT2D eigenvalue weighted by molar-refractivity contribution is 7.90. The third-order valence-electron chi connectivity index (χ3n) is 6.80. The standard InChI is InChI=1S/C24H36F9NO10S/c1-6-19(4,18(38)44-15(3)12-21(39,22(25,26)27)23(28,29)30)13-20(5,11-14(2)16(36)42-10-8-35)17(37)43-9-7-34-45(40,41)24(31,32)33/h14-15,34-35,39H,6-13H2,1-5H3. The molecule has 4 unspecified atom stereocenters. The van der Waals surface area contributed by atoms with Crippen molar-refractivity contribution >= 4 is 27.9 Å². The number of aliphatic hydroxyl groups excluding tert-OH is 1. The Morgan fingerprint density at radius 1 is 0.822 bits per heavy atom. The quantitative estimate of drug-likeness (QED) is 0.0885. The maximum atomic E-state index is 13.2. The number of ether oxygens (including phenoxy) is 3. The first kappa shape index (κ1) is 42.6. The number of rotatable bonds is 17. The van der Waals surface area contributed by atoms with Crippen LogP contribution in [0.5, 0.6) is 0 Å². The fourth-order valence-corrected chi connectivity index (χ4v) is 4.74. The Balaban J connectivity index is 6.16. The minimum absolute atomic E-state index is 0.265. The van der Waals surface area contributed by atoms with E-state index in [0.29, 0.717) is 6.92 Å². The number of carbonyl (C=O) groups excluding carboxylic acids is 3. The van der Waals surface area contributed by atoms with Crippen LogP contribution in [0.15, 0.2) is 0 Å². The normalized spacial score (nSPS) is 17.4. The van der Waals surface area contributed by atoms with E-state index in [1.807, 2.05) is 0 Å². The SMILES string of the molecule is CCC(C)(CC(C)(CC(C)C(=O)OCCO)C(=O)OCCNS(=O)(=O)C(F)(F)F)C(=O)OC(C)CC(O)(C(F)(F)F)C(F)(F)F. The molecule has 0 amide bonds. The summed E-state index contributed by atoms with van der Waals surface area (Å²) in [6, 6.07) is 0. The third-order valence-corrected chi connectivity index (χ3v) is 8.00. The summed E-state index contributed by atoms with van der Waals surface area (Å²) in [7, 11) is -5.80. The number of hydrogen-bond donors (Lipinski definition) is 3. The number of carbonyl (C=O) groups is 3. The molecule has 0 radical (unpaired) electrons. The molecule has 3 N–H and O–H groups in total. The molecular weight excluding hydrogens is 665 g/mol. The highest BCUT2D eigenvalue weighted by Gasteiger charge is 2.70. The van der Waals surface area contributed by atoms with E-state index in [2.05, 4.69) is 0 Å². The second-order valence-electron chi connectivity index (χ2n) is 10.9. The number of sulfonamides is 1. The molecule has 266 valence electrons. The molecule has 0 saturated heterocycles. The highest BCUT2D eigenvalue weighted by Crippen LogP contribution is 2.47. The van der Waals surface area contributed by atoms with Crippen LogP contribution in [0.4, 0.5) is 39.5 Å². The van der Waals surface area contributed by atoms with Crippen LogP contribution in [0, 0.1) is 16.7 Å². The lowest BCUT2D eigenvalue weighted by Crippen LogP contribution is -2.58. The molecule has 0 aromatic heterocycles. The minimum atomic E-state index is -6.20. The van der Waals surface area contributed by atoms with Crippen molar-refractivity contribution in [2.24, 2.45) is 16.7 Å². The number of esters is 3. The van der Waals surface area contributed by atoms with Gasteiger partial charge in [0.2, 0.25) is 0 Å². The molecule has 4 atom stereocenters. The predicted molar refractivity (Wildman–Crippen MR) is 134 cm³/mol. The summed E-state index contributed by atoms with van der Waals surface area (Å²) in [5, 5.41) is 18.3. The monoisotopic (exact) mass is 701 g/mol. The van der Waals surface area contributed by atoms with Crippen LogP contribution in [0.3, 0.4) is 0 Å². The van der Waals surface area contributed by atoms with E-state index in [9.17, 15) is 67.4 Å². The zero-order valence-electron chi connectivity index (χ0n) is 24.8. The van der Waals surface area contributed by atoms with Gasteiger partial charge in [-0.3, -0.25) is 14.4 Å². The lowest BCUT2D eigenvalue weighted by Gasteiger charge is -2.38. The smallest absolute Gasteiger partial charge is 0.464 e. The van der Waals surface area contributed by atoms with Crippen LogP contribution < -0.4 is 4.72 Å². The summed E-state index contributed by atoms with van der Waals surface area (Å²) in [5.74, 6) is -4.81. The Morgan fingerprint density at radius 2 is 1.33 bits per heavy atom. The van der Waals surface area contributed by atoms with Crippen LogP contribution in [0.2, 0.25) is 0 Å². The van der Waals surface area contributed by atoms with Crippen LogP contribution >= 0.6 is 0 Å². The molecule has 0 rings (SSSR count). The molecule has 0 aliphatic rings. The molecule has 0 bridgehead atoms. The van der Waals surface area contributed by atoms with E-state index in [0.717, 1.165) is 18.6 Å². The van der Waals surface area contributed by atoms with Crippen molar-refractivity contribution in [1.29, 1.82) is 0 Å². The van der Waals surface area contributed by atoms with Gasteiger partial charge in [-0.25, -0.2) is 13.1 Å². The van der Waals surface area contributed by atoms with Crippen molar-refractivity contribution < 1.29 is 86.7 Å². The van der Waals surface area contributed by atoms with Crippen molar-refractivity contribution in [3.8, 4) is 0 Å². The van der Waals surface area contributed by atoms with E-state index in [1.165, 1.54) is 13.8 Å². The molecule has 0 heterocycles. The lowest BCUT2D eigenvalue weighted by molar-refractivity contribution is -0.373. The maximum Gasteiger partial charge on any atom is 0.511 e. The van der Waals surface area contributed by atoms with Crippen molar-refractivity contribution in [1.82, 2.24) is 4.72 Å². The molecule has 0 aromatic rings. The largest absolute Gasteiger partial charge is 0.511 e. The Hall–Kier alpha value is -2.39. The van der Waals surface area contributed by atoms with Gasteiger partial charge in [-0.2, -0.15) is 39.5 Å². The van der Waals surface area contributed by atoms with Gasteiger partial charge in [0, 0.05) is 13.0 Å². The van der Waals surface area contributed by atoms with Gasteiger partial charge in [-0.1, -0.05) is 13.8 Å². The van der Waals surface area contributed by atoms with Crippen LogP contribution in [0.25, 0.3) is 0 Å². The maximum absolute atomic E-state index is 13.2. The zero-order valence-corrected chi connectivity index (χ0v) is 25.6. The number of nitrogens with one attached hydrogen (secondary N) is 1. The first-order valence-electron chi connectivity index (χ1n) is 13.1. The lowest BCUT2D eigenvalue weighted by atomic mass is 9.68. The van der Waals surface area contributed by atoms with Gasteiger partial charge in [0.15, 0.2) is 0 Å². The van der Waals surface area contributed by atoms with Gasteiger partial charge >= 0.3 is 45.8 Å². The van der Waals surface area contributed by atoms with Crippen LogP contribution in [-0.4, -0.2) is 92.5 Å². The predicted octanol–water partition coefficient (Wildman–Crippen LogP) is 3.52. The molecule has 0 fully saturated rings. The average molecular weight is 702 g/mol. The Kier molecular flexibility index (Phi) is 14.6. The third kappa shape index (κ3) is 11.4. The van der Waals surface area contributed by atoms with E-state index in [1.54, 1.807) is 0 Å². The molecule has 21 heteroatoms. The summed E-state index contributed by atoms with van der Waals surface area (Å²) in [4.78, 5) is 38.6. The number of aliphatic hydroxyl groups is 2. The zero-order chi connectivity index (χ0) is 35.9. The van der Waals surface area contributed by atoms with Crippen molar-refractivity contribution in [3.05, 3.63) is 0 Å². The summed E-state index contributed by atoms with van der Waals surface area (Å²) in [6.45, 7) is 2.47. The van der Waals surface area contributed by atoms with E-state index >= 15 is 0 Å².